The monoisotopic (exact) mass is 331 g/mol. The van der Waals surface area contributed by atoms with Gasteiger partial charge >= 0.3 is 6.18 Å². The molecule has 0 saturated carbocycles. The Balaban J connectivity index is 0.00000176. The van der Waals surface area contributed by atoms with Crippen LogP contribution in [0.1, 0.15) is 30.0 Å². The zero-order chi connectivity index (χ0) is 15.0. The summed E-state index contributed by atoms with van der Waals surface area (Å²) in [6, 6.07) is 6.39. The fraction of sp³-hybridized carbons (Fsp3) is 0.400. The first kappa shape index (κ1) is 16.8. The van der Waals surface area contributed by atoms with Crippen molar-refractivity contribution < 1.29 is 13.2 Å². The van der Waals surface area contributed by atoms with Gasteiger partial charge in [0.2, 0.25) is 0 Å². The van der Waals surface area contributed by atoms with E-state index < -0.39 is 11.9 Å². The SMILES string of the molecule is Cl.Nc1ccc2nc(C(F)(F)F)c(C3CCNCC3)cc2c1. The summed E-state index contributed by atoms with van der Waals surface area (Å²) in [6.45, 7) is 1.47. The topological polar surface area (TPSA) is 50.9 Å². The van der Waals surface area contributed by atoms with Gasteiger partial charge in [0.1, 0.15) is 5.69 Å². The number of fused-ring (bicyclic) bond motifs is 1. The molecule has 1 aromatic carbocycles. The van der Waals surface area contributed by atoms with E-state index in [1.807, 2.05) is 0 Å². The number of nitrogen functional groups attached to an aromatic ring is 1. The number of nitrogens with two attached hydrogens (primary N) is 1. The molecule has 0 unspecified atom stereocenters. The minimum atomic E-state index is -4.43. The van der Waals surface area contributed by atoms with Gasteiger partial charge in [-0.15, -0.1) is 12.4 Å². The van der Waals surface area contributed by atoms with Crippen LogP contribution in [0.15, 0.2) is 24.3 Å². The molecule has 1 aromatic heterocycles. The number of nitrogens with zero attached hydrogens (tertiary/aromatic N) is 1. The normalized spacial score (nSPS) is 16.5. The van der Waals surface area contributed by atoms with Crippen LogP contribution in [-0.2, 0) is 6.18 Å². The first-order valence-electron chi connectivity index (χ1n) is 6.93. The Morgan fingerprint density at radius 2 is 1.82 bits per heavy atom. The van der Waals surface area contributed by atoms with Gasteiger partial charge in [0, 0.05) is 11.1 Å². The van der Waals surface area contributed by atoms with Crippen molar-refractivity contribution in [3.63, 3.8) is 0 Å². The van der Waals surface area contributed by atoms with Crippen molar-refractivity contribution >= 4 is 29.0 Å². The molecule has 1 aliphatic rings. The van der Waals surface area contributed by atoms with Crippen molar-refractivity contribution in [3.8, 4) is 0 Å². The Kier molecular flexibility index (Phi) is 4.82. The van der Waals surface area contributed by atoms with Crippen molar-refractivity contribution in [3.05, 3.63) is 35.5 Å². The third kappa shape index (κ3) is 3.28. The standard InChI is InChI=1S/C15H16F3N3.ClH/c16-15(17,18)14-12(9-3-5-20-6-4-9)8-10-7-11(19)1-2-13(10)21-14;/h1-2,7-9,20H,3-6,19H2;1H. The van der Waals surface area contributed by atoms with Crippen LogP contribution in [-0.4, -0.2) is 18.1 Å². The molecule has 22 heavy (non-hydrogen) atoms. The number of anilines is 1. The number of rotatable bonds is 1. The molecule has 2 heterocycles. The number of hydrogen-bond acceptors (Lipinski definition) is 3. The van der Waals surface area contributed by atoms with E-state index in [-0.39, 0.29) is 18.3 Å². The molecule has 1 saturated heterocycles. The summed E-state index contributed by atoms with van der Waals surface area (Å²) in [5, 5.41) is 3.83. The van der Waals surface area contributed by atoms with E-state index in [0.29, 0.717) is 35.0 Å². The van der Waals surface area contributed by atoms with E-state index in [2.05, 4.69) is 10.3 Å². The largest absolute Gasteiger partial charge is 0.433 e. The third-order valence-corrected chi connectivity index (χ3v) is 3.92. The van der Waals surface area contributed by atoms with Crippen molar-refractivity contribution in [1.82, 2.24) is 10.3 Å². The number of benzene rings is 1. The van der Waals surface area contributed by atoms with E-state index in [1.54, 1.807) is 18.2 Å². The molecule has 0 radical (unpaired) electrons. The summed E-state index contributed by atoms with van der Waals surface area (Å²) in [4.78, 5) is 3.86. The van der Waals surface area contributed by atoms with Crippen LogP contribution in [0.3, 0.4) is 0 Å². The average molecular weight is 332 g/mol. The summed E-state index contributed by atoms with van der Waals surface area (Å²) in [5.41, 5.74) is 6.11. The smallest absolute Gasteiger partial charge is 0.399 e. The number of pyridine rings is 1. The zero-order valence-electron chi connectivity index (χ0n) is 11.8. The molecule has 0 atom stereocenters. The van der Waals surface area contributed by atoms with E-state index >= 15 is 0 Å². The Morgan fingerprint density at radius 1 is 1.14 bits per heavy atom. The molecule has 3 N–H and O–H groups in total. The fourth-order valence-corrected chi connectivity index (χ4v) is 2.88. The molecule has 0 amide bonds. The lowest BCUT2D eigenvalue weighted by Gasteiger charge is -2.25. The number of nitrogens with one attached hydrogen (secondary N) is 1. The second-order valence-electron chi connectivity index (χ2n) is 5.40. The highest BCUT2D eigenvalue weighted by atomic mass is 35.5. The van der Waals surface area contributed by atoms with Crippen molar-refractivity contribution in [2.45, 2.75) is 24.9 Å². The van der Waals surface area contributed by atoms with E-state index in [0.717, 1.165) is 13.1 Å². The number of hydrogen-bond donors (Lipinski definition) is 2. The van der Waals surface area contributed by atoms with Gasteiger partial charge in [-0.2, -0.15) is 13.2 Å². The lowest BCUT2D eigenvalue weighted by Crippen LogP contribution is -2.28. The number of aromatic nitrogens is 1. The summed E-state index contributed by atoms with van der Waals surface area (Å²) < 4.78 is 39.9. The Hall–Kier alpha value is -1.53. The predicted molar refractivity (Wildman–Crippen MR) is 83.3 cm³/mol. The molecule has 0 bridgehead atoms. The van der Waals surface area contributed by atoms with E-state index in [9.17, 15) is 13.2 Å². The first-order valence-corrected chi connectivity index (χ1v) is 6.93. The molecular formula is C15H17ClF3N3. The Labute approximate surface area is 132 Å². The van der Waals surface area contributed by atoms with Gasteiger partial charge in [-0.3, -0.25) is 0 Å². The van der Waals surface area contributed by atoms with Crippen LogP contribution < -0.4 is 11.1 Å². The van der Waals surface area contributed by atoms with Crippen LogP contribution in [0.25, 0.3) is 10.9 Å². The van der Waals surface area contributed by atoms with Gasteiger partial charge in [-0.05, 0) is 61.7 Å². The summed E-state index contributed by atoms with van der Waals surface area (Å²) in [6.07, 6.45) is -3.05. The number of piperidine rings is 1. The van der Waals surface area contributed by atoms with Crippen molar-refractivity contribution in [2.75, 3.05) is 18.8 Å². The molecule has 7 heteroatoms. The van der Waals surface area contributed by atoms with Gasteiger partial charge in [-0.25, -0.2) is 4.98 Å². The van der Waals surface area contributed by atoms with Gasteiger partial charge in [0.05, 0.1) is 5.52 Å². The quantitative estimate of drug-likeness (QED) is 0.783. The predicted octanol–water partition coefficient (Wildman–Crippen LogP) is 3.72. The molecule has 0 aliphatic carbocycles. The molecular weight excluding hydrogens is 315 g/mol. The molecule has 120 valence electrons. The van der Waals surface area contributed by atoms with Crippen LogP contribution >= 0.6 is 12.4 Å². The zero-order valence-corrected chi connectivity index (χ0v) is 12.6. The first-order chi connectivity index (χ1) is 9.95. The molecule has 3 nitrogen and oxygen atoms in total. The maximum atomic E-state index is 13.3. The van der Waals surface area contributed by atoms with Crippen LogP contribution in [0.5, 0.6) is 0 Å². The van der Waals surface area contributed by atoms with Crippen LogP contribution in [0.4, 0.5) is 18.9 Å². The second kappa shape index (κ2) is 6.30. The fourth-order valence-electron chi connectivity index (χ4n) is 2.88. The molecule has 1 fully saturated rings. The minimum absolute atomic E-state index is 0. The second-order valence-corrected chi connectivity index (χ2v) is 5.40. The molecule has 0 spiro atoms. The van der Waals surface area contributed by atoms with Crippen LogP contribution in [0.2, 0.25) is 0 Å². The van der Waals surface area contributed by atoms with Crippen molar-refractivity contribution in [2.24, 2.45) is 0 Å². The van der Waals surface area contributed by atoms with Crippen LogP contribution in [0, 0.1) is 0 Å². The highest BCUT2D eigenvalue weighted by Gasteiger charge is 2.37. The Morgan fingerprint density at radius 3 is 2.45 bits per heavy atom. The van der Waals surface area contributed by atoms with Gasteiger partial charge in [-0.1, -0.05) is 0 Å². The maximum absolute atomic E-state index is 13.3. The van der Waals surface area contributed by atoms with Crippen molar-refractivity contribution in [1.29, 1.82) is 0 Å². The lowest BCUT2D eigenvalue weighted by atomic mass is 9.88. The summed E-state index contributed by atoms with van der Waals surface area (Å²) in [5.74, 6) is -0.110. The average Bonchev–Trinajstić information content (AvgIpc) is 2.45. The lowest BCUT2D eigenvalue weighted by molar-refractivity contribution is -0.141. The van der Waals surface area contributed by atoms with Gasteiger partial charge in [0.15, 0.2) is 0 Å². The number of halogens is 4. The molecule has 3 rings (SSSR count). The minimum Gasteiger partial charge on any atom is -0.399 e. The third-order valence-electron chi connectivity index (χ3n) is 3.92. The van der Waals surface area contributed by atoms with Gasteiger partial charge < -0.3 is 11.1 Å². The summed E-state index contributed by atoms with van der Waals surface area (Å²) >= 11 is 0. The summed E-state index contributed by atoms with van der Waals surface area (Å²) in [7, 11) is 0. The molecule has 2 aromatic rings. The highest BCUT2D eigenvalue weighted by Crippen LogP contribution is 2.38. The highest BCUT2D eigenvalue weighted by molar-refractivity contribution is 5.85. The number of alkyl halides is 3. The van der Waals surface area contributed by atoms with Gasteiger partial charge in [0.25, 0.3) is 0 Å². The van der Waals surface area contributed by atoms with E-state index in [1.165, 1.54) is 6.07 Å². The van der Waals surface area contributed by atoms with E-state index in [4.69, 9.17) is 5.73 Å². The maximum Gasteiger partial charge on any atom is 0.433 e. The molecule has 1 aliphatic heterocycles. The Bertz CT molecular complexity index is 667.